The van der Waals surface area contributed by atoms with Crippen LogP contribution in [0, 0.1) is 5.82 Å². The average Bonchev–Trinajstić information content (AvgIpc) is 2.38. The lowest BCUT2D eigenvalue weighted by atomic mass is 10.1. The van der Waals surface area contributed by atoms with Crippen LogP contribution in [-0.2, 0) is 9.53 Å². The van der Waals surface area contributed by atoms with E-state index in [0.29, 0.717) is 19.7 Å². The molecule has 0 unspecified atom stereocenters. The lowest BCUT2D eigenvalue weighted by molar-refractivity contribution is -0.145. The van der Waals surface area contributed by atoms with E-state index in [1.54, 1.807) is 19.1 Å². The van der Waals surface area contributed by atoms with Crippen molar-refractivity contribution in [1.82, 2.24) is 4.90 Å². The van der Waals surface area contributed by atoms with E-state index >= 15 is 0 Å². The van der Waals surface area contributed by atoms with Gasteiger partial charge in [0.15, 0.2) is 0 Å². The number of rotatable bonds is 3. The fourth-order valence-electron chi connectivity index (χ4n) is 2.06. The molecule has 1 aliphatic rings. The Morgan fingerprint density at radius 3 is 2.78 bits per heavy atom. The van der Waals surface area contributed by atoms with E-state index in [0.717, 1.165) is 5.56 Å². The summed E-state index contributed by atoms with van der Waals surface area (Å²) in [7, 11) is 0. The van der Waals surface area contributed by atoms with Gasteiger partial charge < -0.3 is 9.84 Å². The number of carboxylic acids is 1. The van der Waals surface area contributed by atoms with Crippen molar-refractivity contribution in [3.63, 3.8) is 0 Å². The molecule has 1 aromatic rings. The zero-order valence-corrected chi connectivity index (χ0v) is 10.2. The van der Waals surface area contributed by atoms with E-state index in [4.69, 9.17) is 9.84 Å². The highest BCUT2D eigenvalue weighted by atomic mass is 19.1. The molecule has 0 amide bonds. The van der Waals surface area contributed by atoms with Crippen molar-refractivity contribution in [3.05, 3.63) is 35.6 Å². The molecular weight excluding hydrogens is 237 g/mol. The number of ether oxygens (including phenoxy) is 1. The second-order valence-corrected chi connectivity index (χ2v) is 4.42. The van der Waals surface area contributed by atoms with Crippen LogP contribution < -0.4 is 0 Å². The Kier molecular flexibility index (Phi) is 3.93. The van der Waals surface area contributed by atoms with Gasteiger partial charge in [0.2, 0.25) is 0 Å². The van der Waals surface area contributed by atoms with Gasteiger partial charge in [-0.05, 0) is 24.6 Å². The zero-order valence-electron chi connectivity index (χ0n) is 10.2. The van der Waals surface area contributed by atoms with Crippen LogP contribution in [0.5, 0.6) is 0 Å². The van der Waals surface area contributed by atoms with Crippen molar-refractivity contribution < 1.29 is 19.0 Å². The van der Waals surface area contributed by atoms with Gasteiger partial charge >= 0.3 is 5.97 Å². The zero-order chi connectivity index (χ0) is 13.1. The minimum Gasteiger partial charge on any atom is -0.480 e. The molecular formula is C13H16FNO3. The van der Waals surface area contributed by atoms with E-state index in [2.05, 4.69) is 0 Å². The number of hydrogen-bond donors (Lipinski definition) is 1. The molecule has 0 radical (unpaired) electrons. The van der Waals surface area contributed by atoms with Crippen molar-refractivity contribution in [1.29, 1.82) is 0 Å². The molecule has 4 nitrogen and oxygen atoms in total. The minimum atomic E-state index is -0.838. The van der Waals surface area contributed by atoms with Gasteiger partial charge in [0.1, 0.15) is 11.9 Å². The monoisotopic (exact) mass is 253 g/mol. The lowest BCUT2D eigenvalue weighted by Crippen LogP contribution is -2.46. The maximum absolute atomic E-state index is 12.8. The Morgan fingerprint density at radius 2 is 2.17 bits per heavy atom. The van der Waals surface area contributed by atoms with Gasteiger partial charge in [-0.3, -0.25) is 9.69 Å². The molecule has 0 bridgehead atoms. The van der Waals surface area contributed by atoms with Gasteiger partial charge in [0.05, 0.1) is 12.7 Å². The fourth-order valence-corrected chi connectivity index (χ4v) is 2.06. The fraction of sp³-hybridized carbons (Fsp3) is 0.462. The number of aliphatic carboxylic acids is 1. The number of carboxylic acid groups (broad SMARTS) is 1. The third-order valence-electron chi connectivity index (χ3n) is 3.24. The molecule has 0 spiro atoms. The third-order valence-corrected chi connectivity index (χ3v) is 3.24. The van der Waals surface area contributed by atoms with E-state index in [9.17, 15) is 9.18 Å². The van der Waals surface area contributed by atoms with E-state index in [1.165, 1.54) is 12.1 Å². The highest BCUT2D eigenvalue weighted by molar-refractivity contribution is 5.72. The van der Waals surface area contributed by atoms with Crippen LogP contribution in [0.15, 0.2) is 24.3 Å². The summed E-state index contributed by atoms with van der Waals surface area (Å²) in [4.78, 5) is 12.8. The Morgan fingerprint density at radius 1 is 1.50 bits per heavy atom. The van der Waals surface area contributed by atoms with Crippen LogP contribution in [0.2, 0.25) is 0 Å². The van der Waals surface area contributed by atoms with Crippen molar-refractivity contribution in [3.8, 4) is 0 Å². The molecule has 1 saturated heterocycles. The largest absolute Gasteiger partial charge is 0.480 e. The normalized spacial score (nSPS) is 22.7. The molecule has 18 heavy (non-hydrogen) atoms. The molecule has 1 N–H and O–H groups in total. The molecule has 0 aromatic heterocycles. The topological polar surface area (TPSA) is 49.8 Å². The second-order valence-electron chi connectivity index (χ2n) is 4.42. The molecule has 0 saturated carbocycles. The van der Waals surface area contributed by atoms with Crippen molar-refractivity contribution in [2.75, 3.05) is 19.7 Å². The highest BCUT2D eigenvalue weighted by Gasteiger charge is 2.28. The number of hydrogen-bond acceptors (Lipinski definition) is 3. The van der Waals surface area contributed by atoms with E-state index < -0.39 is 12.0 Å². The smallest absolute Gasteiger partial charge is 0.320 e. The first-order chi connectivity index (χ1) is 8.58. The van der Waals surface area contributed by atoms with Crippen molar-refractivity contribution in [2.45, 2.75) is 19.1 Å². The van der Waals surface area contributed by atoms with Crippen LogP contribution in [0.25, 0.3) is 0 Å². The first kappa shape index (κ1) is 13.0. The maximum atomic E-state index is 12.8. The van der Waals surface area contributed by atoms with Crippen LogP contribution in [0.1, 0.15) is 18.6 Å². The molecule has 2 atom stereocenters. The first-order valence-electron chi connectivity index (χ1n) is 5.92. The number of benzene rings is 1. The summed E-state index contributed by atoms with van der Waals surface area (Å²) in [6, 6.07) is 5.59. The Hall–Kier alpha value is -1.46. The van der Waals surface area contributed by atoms with E-state index in [1.807, 2.05) is 4.90 Å². The third kappa shape index (κ3) is 2.86. The number of carbonyl (C=O) groups is 1. The molecule has 1 aromatic carbocycles. The first-order valence-corrected chi connectivity index (χ1v) is 5.92. The van der Waals surface area contributed by atoms with Gasteiger partial charge in [0.25, 0.3) is 0 Å². The Labute approximate surface area is 105 Å². The number of morpholine rings is 1. The quantitative estimate of drug-likeness (QED) is 0.890. The number of halogens is 1. The van der Waals surface area contributed by atoms with Crippen molar-refractivity contribution in [2.24, 2.45) is 0 Å². The summed E-state index contributed by atoms with van der Waals surface area (Å²) >= 11 is 0. The van der Waals surface area contributed by atoms with Gasteiger partial charge in [-0.15, -0.1) is 0 Å². The number of nitrogens with zero attached hydrogens (tertiary/aromatic N) is 1. The maximum Gasteiger partial charge on any atom is 0.320 e. The van der Waals surface area contributed by atoms with Crippen LogP contribution >= 0.6 is 0 Å². The van der Waals surface area contributed by atoms with Gasteiger partial charge in [-0.25, -0.2) is 4.39 Å². The molecule has 5 heteroatoms. The van der Waals surface area contributed by atoms with Gasteiger partial charge in [-0.2, -0.15) is 0 Å². The summed E-state index contributed by atoms with van der Waals surface area (Å²) in [6.07, 6.45) is -0.193. The molecule has 1 fully saturated rings. The minimum absolute atomic E-state index is 0.193. The Balaban J connectivity index is 2.06. The molecule has 1 heterocycles. The van der Waals surface area contributed by atoms with Gasteiger partial charge in [0, 0.05) is 13.1 Å². The van der Waals surface area contributed by atoms with Crippen LogP contribution in [0.3, 0.4) is 0 Å². The van der Waals surface area contributed by atoms with Gasteiger partial charge in [-0.1, -0.05) is 12.1 Å². The summed E-state index contributed by atoms with van der Waals surface area (Å²) in [5.74, 6) is -1.12. The molecule has 98 valence electrons. The van der Waals surface area contributed by atoms with Crippen molar-refractivity contribution >= 4 is 5.97 Å². The van der Waals surface area contributed by atoms with E-state index in [-0.39, 0.29) is 11.9 Å². The van der Waals surface area contributed by atoms with Crippen LogP contribution in [-0.4, -0.2) is 41.7 Å². The molecule has 1 aliphatic heterocycles. The predicted octanol–water partition coefficient (Wildman–Crippen LogP) is 1.67. The van der Waals surface area contributed by atoms with Crippen LogP contribution in [0.4, 0.5) is 4.39 Å². The predicted molar refractivity (Wildman–Crippen MR) is 63.8 cm³/mol. The summed E-state index contributed by atoms with van der Waals surface area (Å²) in [5.41, 5.74) is 0.874. The molecule has 0 aliphatic carbocycles. The highest BCUT2D eigenvalue weighted by Crippen LogP contribution is 2.23. The average molecular weight is 253 g/mol. The Bertz CT molecular complexity index is 421. The summed E-state index contributed by atoms with van der Waals surface area (Å²) in [6.45, 7) is 3.26. The standard InChI is InChI=1S/C13H16FNO3/c1-9(13(16)17)15-6-7-18-12(8-15)10-2-4-11(14)5-3-10/h2-5,9,12H,6-8H2,1H3,(H,16,17)/t9-,12+/m1/s1. The lowest BCUT2D eigenvalue weighted by Gasteiger charge is -2.35. The summed E-state index contributed by atoms with van der Waals surface area (Å²) < 4.78 is 18.4. The molecule has 2 rings (SSSR count). The SMILES string of the molecule is C[C@H](C(=O)O)N1CCO[C@H](c2ccc(F)cc2)C1. The second kappa shape index (κ2) is 5.46. The summed E-state index contributed by atoms with van der Waals surface area (Å²) in [5, 5.41) is 9.00.